The van der Waals surface area contributed by atoms with E-state index in [1.807, 2.05) is 26.0 Å². The van der Waals surface area contributed by atoms with Crippen LogP contribution in [0.25, 0.3) is 0 Å². The normalized spacial score (nSPS) is 10.2. The van der Waals surface area contributed by atoms with Crippen LogP contribution in [0.15, 0.2) is 30.5 Å². The fourth-order valence-corrected chi connectivity index (χ4v) is 1.64. The summed E-state index contributed by atoms with van der Waals surface area (Å²) in [4.78, 5) is 19.8. The van der Waals surface area contributed by atoms with Crippen LogP contribution in [0.5, 0.6) is 11.5 Å². The Balaban J connectivity index is 2.37. The van der Waals surface area contributed by atoms with Crippen LogP contribution >= 0.6 is 0 Å². The van der Waals surface area contributed by atoms with Gasteiger partial charge in [-0.05, 0) is 32.9 Å². The van der Waals surface area contributed by atoms with Crippen molar-refractivity contribution in [3.8, 4) is 11.5 Å². The molecule has 0 fully saturated rings. The quantitative estimate of drug-likeness (QED) is 0.776. The summed E-state index contributed by atoms with van der Waals surface area (Å²) in [7, 11) is 0. The van der Waals surface area contributed by atoms with Crippen LogP contribution in [0.4, 0.5) is 0 Å². The van der Waals surface area contributed by atoms with E-state index in [1.54, 1.807) is 18.3 Å². The van der Waals surface area contributed by atoms with Crippen LogP contribution in [0, 0.1) is 13.8 Å². The standard InChI is InChI=1S/C14H14N2O2/c1-9-14(8-15-11(3)16-9)18-13-7-5-4-6-12(13)10(2)17/h4-8H,1-3H3. The molecule has 1 aromatic heterocycles. The lowest BCUT2D eigenvalue weighted by molar-refractivity contribution is 0.101. The molecular weight excluding hydrogens is 228 g/mol. The van der Waals surface area contributed by atoms with Gasteiger partial charge in [-0.15, -0.1) is 0 Å². The van der Waals surface area contributed by atoms with Crippen LogP contribution in [0.1, 0.15) is 28.8 Å². The lowest BCUT2D eigenvalue weighted by Gasteiger charge is -2.10. The summed E-state index contributed by atoms with van der Waals surface area (Å²) in [5.74, 6) is 1.76. The highest BCUT2D eigenvalue weighted by Gasteiger charge is 2.10. The third-order valence-corrected chi connectivity index (χ3v) is 2.54. The highest BCUT2D eigenvalue weighted by molar-refractivity contribution is 5.96. The smallest absolute Gasteiger partial charge is 0.166 e. The third kappa shape index (κ3) is 2.53. The molecule has 0 saturated heterocycles. The van der Waals surface area contributed by atoms with Crippen molar-refractivity contribution in [1.82, 2.24) is 9.97 Å². The number of para-hydroxylation sites is 1. The Morgan fingerprint density at radius 2 is 1.89 bits per heavy atom. The van der Waals surface area contributed by atoms with E-state index < -0.39 is 0 Å². The lowest BCUT2D eigenvalue weighted by atomic mass is 10.1. The highest BCUT2D eigenvalue weighted by Crippen LogP contribution is 2.26. The molecule has 0 spiro atoms. The Bertz CT molecular complexity index is 594. The van der Waals surface area contributed by atoms with Gasteiger partial charge in [0.25, 0.3) is 0 Å². The van der Waals surface area contributed by atoms with Gasteiger partial charge in [0.05, 0.1) is 17.5 Å². The Morgan fingerprint density at radius 1 is 1.17 bits per heavy atom. The van der Waals surface area contributed by atoms with Crippen LogP contribution in [0.3, 0.4) is 0 Å². The minimum atomic E-state index is -0.0312. The van der Waals surface area contributed by atoms with E-state index >= 15 is 0 Å². The van der Waals surface area contributed by atoms with Crippen molar-refractivity contribution in [3.63, 3.8) is 0 Å². The molecule has 1 aromatic carbocycles. The van der Waals surface area contributed by atoms with E-state index in [0.29, 0.717) is 22.9 Å². The lowest BCUT2D eigenvalue weighted by Crippen LogP contribution is -1.99. The molecule has 0 amide bonds. The summed E-state index contributed by atoms with van der Waals surface area (Å²) in [5, 5.41) is 0. The molecule has 0 aliphatic carbocycles. The first-order chi connectivity index (χ1) is 8.58. The van der Waals surface area contributed by atoms with Crippen molar-refractivity contribution in [2.45, 2.75) is 20.8 Å². The van der Waals surface area contributed by atoms with Crippen molar-refractivity contribution in [1.29, 1.82) is 0 Å². The average molecular weight is 242 g/mol. The zero-order valence-corrected chi connectivity index (χ0v) is 10.6. The van der Waals surface area contributed by atoms with Crippen LogP contribution in [-0.4, -0.2) is 15.8 Å². The number of carbonyl (C=O) groups excluding carboxylic acids is 1. The fourth-order valence-electron chi connectivity index (χ4n) is 1.64. The molecule has 92 valence electrons. The van der Waals surface area contributed by atoms with Crippen molar-refractivity contribution >= 4 is 5.78 Å². The van der Waals surface area contributed by atoms with Crippen LogP contribution in [-0.2, 0) is 0 Å². The van der Waals surface area contributed by atoms with Crippen molar-refractivity contribution in [2.75, 3.05) is 0 Å². The fraction of sp³-hybridized carbons (Fsp3) is 0.214. The Labute approximate surface area is 106 Å². The highest BCUT2D eigenvalue weighted by atomic mass is 16.5. The number of nitrogens with zero attached hydrogens (tertiary/aromatic N) is 2. The van der Waals surface area contributed by atoms with Gasteiger partial charge in [0.2, 0.25) is 0 Å². The Hall–Kier alpha value is -2.23. The maximum absolute atomic E-state index is 11.5. The van der Waals surface area contributed by atoms with E-state index in [4.69, 9.17) is 4.74 Å². The first kappa shape index (κ1) is 12.2. The SMILES string of the molecule is CC(=O)c1ccccc1Oc1cnc(C)nc1C. The monoisotopic (exact) mass is 242 g/mol. The van der Waals surface area contributed by atoms with Gasteiger partial charge in [-0.1, -0.05) is 12.1 Å². The van der Waals surface area contributed by atoms with E-state index in [9.17, 15) is 4.79 Å². The van der Waals surface area contributed by atoms with Gasteiger partial charge in [-0.2, -0.15) is 0 Å². The summed E-state index contributed by atoms with van der Waals surface area (Å²) < 4.78 is 5.71. The first-order valence-electron chi connectivity index (χ1n) is 5.66. The maximum atomic E-state index is 11.5. The molecule has 2 aromatic rings. The van der Waals surface area contributed by atoms with Crippen LogP contribution < -0.4 is 4.74 Å². The average Bonchev–Trinajstić information content (AvgIpc) is 2.33. The second kappa shape index (κ2) is 4.96. The van der Waals surface area contributed by atoms with Gasteiger partial charge < -0.3 is 4.74 Å². The molecule has 2 rings (SSSR count). The predicted molar refractivity (Wildman–Crippen MR) is 68.0 cm³/mol. The van der Waals surface area contributed by atoms with E-state index in [1.165, 1.54) is 6.92 Å². The van der Waals surface area contributed by atoms with Gasteiger partial charge in [0.15, 0.2) is 11.5 Å². The maximum Gasteiger partial charge on any atom is 0.166 e. The molecule has 0 radical (unpaired) electrons. The molecule has 18 heavy (non-hydrogen) atoms. The topological polar surface area (TPSA) is 52.1 Å². The molecule has 1 heterocycles. The molecule has 4 nitrogen and oxygen atoms in total. The van der Waals surface area contributed by atoms with Gasteiger partial charge in [0.1, 0.15) is 11.6 Å². The molecule has 0 aliphatic heterocycles. The number of rotatable bonds is 3. The molecule has 0 saturated carbocycles. The molecule has 0 aliphatic rings. The predicted octanol–water partition coefficient (Wildman–Crippen LogP) is 3.09. The number of carbonyl (C=O) groups is 1. The first-order valence-corrected chi connectivity index (χ1v) is 5.66. The summed E-state index contributed by atoms with van der Waals surface area (Å²) in [6.45, 7) is 5.18. The minimum absolute atomic E-state index is 0.0312. The minimum Gasteiger partial charge on any atom is -0.453 e. The molecule has 0 atom stereocenters. The molecule has 0 bridgehead atoms. The largest absolute Gasteiger partial charge is 0.453 e. The number of ketones is 1. The number of aromatic nitrogens is 2. The van der Waals surface area contributed by atoms with Crippen LogP contribution in [0.2, 0.25) is 0 Å². The number of hydrogen-bond acceptors (Lipinski definition) is 4. The zero-order chi connectivity index (χ0) is 13.1. The Kier molecular flexibility index (Phi) is 3.37. The molecule has 0 N–H and O–H groups in total. The van der Waals surface area contributed by atoms with E-state index in [2.05, 4.69) is 9.97 Å². The number of aryl methyl sites for hydroxylation is 2. The molecule has 4 heteroatoms. The number of benzene rings is 1. The van der Waals surface area contributed by atoms with Crippen molar-refractivity contribution in [3.05, 3.63) is 47.5 Å². The van der Waals surface area contributed by atoms with Gasteiger partial charge in [-0.25, -0.2) is 9.97 Å². The number of Topliss-reactive ketones (excluding diaryl/α,β-unsaturated/α-hetero) is 1. The number of ether oxygens (including phenoxy) is 1. The van der Waals surface area contributed by atoms with Gasteiger partial charge in [-0.3, -0.25) is 4.79 Å². The second-order valence-electron chi connectivity index (χ2n) is 4.02. The molecule has 0 unspecified atom stereocenters. The van der Waals surface area contributed by atoms with Gasteiger partial charge in [0, 0.05) is 0 Å². The summed E-state index contributed by atoms with van der Waals surface area (Å²) >= 11 is 0. The van der Waals surface area contributed by atoms with Crippen molar-refractivity contribution in [2.24, 2.45) is 0 Å². The zero-order valence-electron chi connectivity index (χ0n) is 10.6. The third-order valence-electron chi connectivity index (χ3n) is 2.54. The van der Waals surface area contributed by atoms with E-state index in [0.717, 1.165) is 5.69 Å². The summed E-state index contributed by atoms with van der Waals surface area (Å²) in [6.07, 6.45) is 1.62. The summed E-state index contributed by atoms with van der Waals surface area (Å²) in [5.41, 5.74) is 1.30. The Morgan fingerprint density at radius 3 is 2.56 bits per heavy atom. The van der Waals surface area contributed by atoms with E-state index in [-0.39, 0.29) is 5.78 Å². The molecular formula is C14H14N2O2. The summed E-state index contributed by atoms with van der Waals surface area (Å²) in [6, 6.07) is 7.13. The van der Waals surface area contributed by atoms with Crippen molar-refractivity contribution < 1.29 is 9.53 Å². The second-order valence-corrected chi connectivity index (χ2v) is 4.02. The van der Waals surface area contributed by atoms with Gasteiger partial charge >= 0.3 is 0 Å². The number of hydrogen-bond donors (Lipinski definition) is 0.